The van der Waals surface area contributed by atoms with Gasteiger partial charge in [-0.05, 0) is 165 Å². The van der Waals surface area contributed by atoms with Crippen LogP contribution in [0.3, 0.4) is 0 Å². The summed E-state index contributed by atoms with van der Waals surface area (Å²) < 4.78 is 0. The molecule has 12 aromatic carbocycles. The van der Waals surface area contributed by atoms with Crippen molar-refractivity contribution in [1.82, 2.24) is 0 Å². The highest BCUT2D eigenvalue weighted by Gasteiger charge is 2.21. The van der Waals surface area contributed by atoms with Crippen LogP contribution in [0.2, 0.25) is 0 Å². The lowest BCUT2D eigenvalue weighted by Gasteiger charge is -2.22. The Hall–Kier alpha value is -6.24. The molecule has 0 amide bonds. The van der Waals surface area contributed by atoms with Crippen molar-refractivity contribution in [2.24, 2.45) is 0 Å². The van der Waals surface area contributed by atoms with E-state index in [0.717, 1.165) is 0 Å². The summed E-state index contributed by atoms with van der Waals surface area (Å²) in [5.41, 5.74) is 8.10. The van der Waals surface area contributed by atoms with Gasteiger partial charge < -0.3 is 0 Å². The SMILES string of the molecule is CC(C)(C)c1cc2ccc3ccc(-c4cc5ccc6cc(-c7ccc8ccc9cc(C(C)(C)C)cc%10ccc7c8c9%10)cc7ccc(c4)c5c67)c4ccc(c1)c2c34. The van der Waals surface area contributed by atoms with Gasteiger partial charge in [-0.3, -0.25) is 0 Å². The molecular formula is C56H42. The van der Waals surface area contributed by atoms with Crippen molar-refractivity contribution in [2.75, 3.05) is 0 Å². The van der Waals surface area contributed by atoms with E-state index in [2.05, 4.69) is 187 Å². The highest BCUT2D eigenvalue weighted by atomic mass is 14.2. The second-order valence-corrected chi connectivity index (χ2v) is 18.6. The maximum atomic E-state index is 2.42. The predicted octanol–water partition coefficient (Wildman–Crippen LogP) is 16.3. The van der Waals surface area contributed by atoms with Crippen LogP contribution in [0.1, 0.15) is 52.7 Å². The molecule has 56 heavy (non-hydrogen) atoms. The van der Waals surface area contributed by atoms with Gasteiger partial charge in [-0.15, -0.1) is 0 Å². The third-order valence-electron chi connectivity index (χ3n) is 13.1. The van der Waals surface area contributed by atoms with Crippen molar-refractivity contribution in [3.8, 4) is 22.3 Å². The van der Waals surface area contributed by atoms with E-state index in [4.69, 9.17) is 0 Å². The molecule has 0 bridgehead atoms. The van der Waals surface area contributed by atoms with E-state index in [1.165, 1.54) is 130 Å². The molecule has 0 aliphatic rings. The molecule has 0 atom stereocenters. The number of hydrogen-bond acceptors (Lipinski definition) is 0. The number of benzene rings is 12. The Labute approximate surface area is 327 Å². The Kier molecular flexibility index (Phi) is 6.15. The second-order valence-electron chi connectivity index (χ2n) is 18.6. The standard InChI is InChI=1S/C56H42/c1-55(2,3)43-27-37-9-7-31-15-19-45(47-21-17-39(29-43)51(37)53(31)47)41-23-33-11-13-35-25-42(26-36-14-12-34(24-41)49(33)50(35)36)46-20-16-32-8-10-38-28-44(56(4,5)6)30-40-18-22-48(46)54(32)52(38)40/h7-30H,1-6H3. The van der Waals surface area contributed by atoms with Gasteiger partial charge in [-0.2, -0.15) is 0 Å². The lowest BCUT2D eigenvalue weighted by atomic mass is 9.82. The zero-order valence-electron chi connectivity index (χ0n) is 32.9. The third-order valence-corrected chi connectivity index (χ3v) is 13.1. The van der Waals surface area contributed by atoms with Gasteiger partial charge in [-0.1, -0.05) is 163 Å². The quantitative estimate of drug-likeness (QED) is 0.156. The van der Waals surface area contributed by atoms with Crippen LogP contribution in [0.25, 0.3) is 119 Å². The Bertz CT molecular complexity index is 3240. The van der Waals surface area contributed by atoms with E-state index in [1.807, 2.05) is 0 Å². The average Bonchev–Trinajstić information content (AvgIpc) is 3.19. The average molecular weight is 715 g/mol. The monoisotopic (exact) mass is 714 g/mol. The van der Waals surface area contributed by atoms with Crippen LogP contribution in [-0.2, 0) is 10.8 Å². The molecule has 0 aliphatic heterocycles. The minimum Gasteiger partial charge on any atom is -0.0561 e. The first-order valence-electron chi connectivity index (χ1n) is 20.2. The Morgan fingerprint density at radius 1 is 0.250 bits per heavy atom. The van der Waals surface area contributed by atoms with E-state index in [9.17, 15) is 0 Å². The molecule has 0 aliphatic carbocycles. The molecule has 0 N–H and O–H groups in total. The lowest BCUT2D eigenvalue weighted by Crippen LogP contribution is -2.10. The zero-order valence-corrected chi connectivity index (χ0v) is 32.9. The van der Waals surface area contributed by atoms with Gasteiger partial charge >= 0.3 is 0 Å². The van der Waals surface area contributed by atoms with Gasteiger partial charge in [0.15, 0.2) is 0 Å². The molecule has 0 aromatic heterocycles. The fraction of sp³-hybridized carbons (Fsp3) is 0.143. The Morgan fingerprint density at radius 3 is 0.821 bits per heavy atom. The molecular weight excluding hydrogens is 673 g/mol. The minimum atomic E-state index is 0.0990. The highest BCUT2D eigenvalue weighted by Crippen LogP contribution is 2.46. The van der Waals surface area contributed by atoms with Gasteiger partial charge in [0.25, 0.3) is 0 Å². The normalized spacial score (nSPS) is 13.2. The Morgan fingerprint density at radius 2 is 0.500 bits per heavy atom. The van der Waals surface area contributed by atoms with Crippen LogP contribution in [0, 0.1) is 0 Å². The Balaban J connectivity index is 1.02. The van der Waals surface area contributed by atoms with E-state index < -0.39 is 0 Å². The molecule has 0 heterocycles. The van der Waals surface area contributed by atoms with Crippen LogP contribution in [-0.4, -0.2) is 0 Å². The summed E-state index contributed by atoms with van der Waals surface area (Å²) in [6, 6.07) is 56.6. The summed E-state index contributed by atoms with van der Waals surface area (Å²) in [7, 11) is 0. The summed E-state index contributed by atoms with van der Waals surface area (Å²) in [4.78, 5) is 0. The van der Waals surface area contributed by atoms with E-state index in [0.29, 0.717) is 0 Å². The fourth-order valence-corrected chi connectivity index (χ4v) is 10.2. The van der Waals surface area contributed by atoms with Gasteiger partial charge in [0, 0.05) is 0 Å². The van der Waals surface area contributed by atoms with Crippen molar-refractivity contribution >= 4 is 97.0 Å². The topological polar surface area (TPSA) is 0 Å². The van der Waals surface area contributed by atoms with Crippen molar-refractivity contribution in [3.63, 3.8) is 0 Å². The minimum absolute atomic E-state index is 0.0990. The molecule has 0 saturated carbocycles. The second kappa shape index (κ2) is 10.7. The summed E-state index contributed by atoms with van der Waals surface area (Å²) >= 11 is 0. The molecule has 0 nitrogen and oxygen atoms in total. The molecule has 0 saturated heterocycles. The van der Waals surface area contributed by atoms with Crippen molar-refractivity contribution in [2.45, 2.75) is 52.4 Å². The molecule has 0 radical (unpaired) electrons. The van der Waals surface area contributed by atoms with E-state index >= 15 is 0 Å². The molecule has 0 unspecified atom stereocenters. The van der Waals surface area contributed by atoms with Crippen molar-refractivity contribution < 1.29 is 0 Å². The fourth-order valence-electron chi connectivity index (χ4n) is 10.2. The van der Waals surface area contributed by atoms with E-state index in [-0.39, 0.29) is 10.8 Å². The van der Waals surface area contributed by atoms with Crippen molar-refractivity contribution in [1.29, 1.82) is 0 Å². The highest BCUT2D eigenvalue weighted by molar-refractivity contribution is 6.29. The predicted molar refractivity (Wildman–Crippen MR) is 246 cm³/mol. The molecule has 0 fully saturated rings. The molecule has 0 heteroatoms. The van der Waals surface area contributed by atoms with Gasteiger partial charge in [0.2, 0.25) is 0 Å². The van der Waals surface area contributed by atoms with Gasteiger partial charge in [-0.25, -0.2) is 0 Å². The summed E-state index contributed by atoms with van der Waals surface area (Å²) in [6.45, 7) is 13.8. The van der Waals surface area contributed by atoms with Crippen LogP contribution in [0.15, 0.2) is 146 Å². The summed E-state index contributed by atoms with van der Waals surface area (Å²) in [6.07, 6.45) is 0. The maximum Gasteiger partial charge on any atom is -0.00206 e. The summed E-state index contributed by atoms with van der Waals surface area (Å²) in [5, 5.41) is 23.9. The summed E-state index contributed by atoms with van der Waals surface area (Å²) in [5.74, 6) is 0. The molecule has 12 rings (SSSR count). The smallest absolute Gasteiger partial charge is 0.00206 e. The number of rotatable bonds is 2. The maximum absolute atomic E-state index is 2.42. The van der Waals surface area contributed by atoms with Crippen molar-refractivity contribution in [3.05, 3.63) is 157 Å². The first-order valence-corrected chi connectivity index (χ1v) is 20.2. The largest absolute Gasteiger partial charge is 0.0561 e. The van der Waals surface area contributed by atoms with Crippen LogP contribution in [0.5, 0.6) is 0 Å². The van der Waals surface area contributed by atoms with Crippen LogP contribution < -0.4 is 0 Å². The molecule has 266 valence electrons. The molecule has 12 aromatic rings. The third kappa shape index (κ3) is 4.42. The lowest BCUT2D eigenvalue weighted by molar-refractivity contribution is 0.591. The zero-order chi connectivity index (χ0) is 37.8. The van der Waals surface area contributed by atoms with Gasteiger partial charge in [0.1, 0.15) is 0 Å². The molecule has 0 spiro atoms. The number of hydrogen-bond donors (Lipinski definition) is 0. The van der Waals surface area contributed by atoms with Crippen LogP contribution in [0.4, 0.5) is 0 Å². The van der Waals surface area contributed by atoms with Gasteiger partial charge in [0.05, 0.1) is 0 Å². The first kappa shape index (κ1) is 32.0. The first-order chi connectivity index (χ1) is 27.0. The van der Waals surface area contributed by atoms with Crippen LogP contribution >= 0.6 is 0 Å². The van der Waals surface area contributed by atoms with E-state index in [1.54, 1.807) is 0 Å².